The third-order valence-electron chi connectivity index (χ3n) is 1.80. The van der Waals surface area contributed by atoms with Crippen LogP contribution in [-0.4, -0.2) is 13.1 Å². The molecule has 0 heterocycles. The maximum absolute atomic E-state index is 9.84. The second-order valence-electron chi connectivity index (χ2n) is 2.76. The zero-order chi connectivity index (χ0) is 12.4. The van der Waals surface area contributed by atoms with Crippen molar-refractivity contribution in [2.24, 2.45) is 0 Å². The van der Waals surface area contributed by atoms with E-state index in [-0.39, 0.29) is 0 Å². The number of hydrogen-bond donors (Lipinski definition) is 0. The molecule has 0 atom stereocenters. The van der Waals surface area contributed by atoms with Gasteiger partial charge in [0.2, 0.25) is 0 Å². The van der Waals surface area contributed by atoms with Gasteiger partial charge in [-0.3, -0.25) is 0 Å². The fraction of sp³-hybridized carbons (Fsp3) is 0.0714. The van der Waals surface area contributed by atoms with Crippen molar-refractivity contribution >= 4 is 18.1 Å². The van der Waals surface area contributed by atoms with Crippen LogP contribution in [0.3, 0.4) is 0 Å². The predicted molar refractivity (Wildman–Crippen MR) is 68.8 cm³/mol. The van der Waals surface area contributed by atoms with Gasteiger partial charge in [0.25, 0.3) is 0 Å². The minimum atomic E-state index is -0.394. The Morgan fingerprint density at radius 3 is 1.75 bits per heavy atom. The molecule has 0 unspecified atom stereocenters. The first-order valence-electron chi connectivity index (χ1n) is 4.73. The van der Waals surface area contributed by atoms with Crippen LogP contribution in [0.1, 0.15) is 11.1 Å². The summed E-state index contributed by atoms with van der Waals surface area (Å²) in [4.78, 5) is 9.84. The average molecular weight is 216 g/mol. The Labute approximate surface area is 96.6 Å². The lowest BCUT2D eigenvalue weighted by Gasteiger charge is -1.96. The molecule has 0 fully saturated rings. The Hall–Kier alpha value is -2.09. The molecule has 0 saturated carbocycles. The van der Waals surface area contributed by atoms with Crippen molar-refractivity contribution in [3.8, 4) is 0 Å². The second kappa shape index (κ2) is 8.24. The van der Waals surface area contributed by atoms with Crippen molar-refractivity contribution in [1.29, 1.82) is 0 Å². The quantitative estimate of drug-likeness (QED) is 0.572. The molecular weight excluding hydrogens is 200 g/mol. The first-order chi connectivity index (χ1) is 7.69. The molecule has 0 aliphatic heterocycles. The molecule has 1 aromatic carbocycles. The highest BCUT2D eigenvalue weighted by Crippen LogP contribution is 2.10. The highest BCUT2D eigenvalue weighted by atomic mass is 16.5. The van der Waals surface area contributed by atoms with Crippen LogP contribution in [0.2, 0.25) is 0 Å². The molecule has 1 aromatic rings. The van der Waals surface area contributed by atoms with E-state index in [1.165, 1.54) is 7.11 Å². The van der Waals surface area contributed by atoms with Gasteiger partial charge in [-0.1, -0.05) is 56.2 Å². The van der Waals surface area contributed by atoms with Crippen LogP contribution in [0.4, 0.5) is 0 Å². The van der Waals surface area contributed by atoms with Gasteiger partial charge in [-0.2, -0.15) is 0 Å². The van der Waals surface area contributed by atoms with Gasteiger partial charge in [0.1, 0.15) is 0 Å². The monoisotopic (exact) mass is 216 g/mol. The Balaban J connectivity index is 0.000000325. The molecule has 0 bridgehead atoms. The molecule has 2 heteroatoms. The van der Waals surface area contributed by atoms with Gasteiger partial charge >= 0.3 is 5.97 Å². The van der Waals surface area contributed by atoms with Gasteiger partial charge in [-0.15, -0.1) is 0 Å². The number of benzene rings is 1. The standard InChI is InChI=1S/C10H10.C4H6O2/c1-3-9-7-5-6-8-10(9)4-2;1-3-4(5)6-2/h3-8H,1-2H2;3H,1H2,2H3. The molecule has 84 valence electrons. The fourth-order valence-corrected chi connectivity index (χ4v) is 0.966. The summed E-state index contributed by atoms with van der Waals surface area (Å²) in [5, 5.41) is 0. The number of rotatable bonds is 3. The second-order valence-corrected chi connectivity index (χ2v) is 2.76. The Bertz CT molecular complexity index is 351. The minimum absolute atomic E-state index is 0.394. The summed E-state index contributed by atoms with van der Waals surface area (Å²) in [6, 6.07) is 8.02. The van der Waals surface area contributed by atoms with Crippen LogP contribution in [0.5, 0.6) is 0 Å². The summed E-state index contributed by atoms with van der Waals surface area (Å²) >= 11 is 0. The van der Waals surface area contributed by atoms with E-state index in [4.69, 9.17) is 0 Å². The Morgan fingerprint density at radius 2 is 1.56 bits per heavy atom. The maximum atomic E-state index is 9.84. The lowest BCUT2D eigenvalue weighted by atomic mass is 10.1. The summed E-state index contributed by atoms with van der Waals surface area (Å²) in [6.45, 7) is 10.5. The largest absolute Gasteiger partial charge is 0.466 e. The molecule has 0 radical (unpaired) electrons. The van der Waals surface area contributed by atoms with E-state index in [1.807, 2.05) is 36.4 Å². The van der Waals surface area contributed by atoms with E-state index in [2.05, 4.69) is 24.5 Å². The Kier molecular flexibility index (Phi) is 7.16. The van der Waals surface area contributed by atoms with Gasteiger partial charge in [0.05, 0.1) is 7.11 Å². The number of hydrogen-bond acceptors (Lipinski definition) is 2. The van der Waals surface area contributed by atoms with Crippen LogP contribution < -0.4 is 0 Å². The lowest BCUT2D eigenvalue weighted by molar-refractivity contribution is -0.134. The van der Waals surface area contributed by atoms with E-state index in [9.17, 15) is 4.79 Å². The molecule has 0 aliphatic carbocycles. The van der Waals surface area contributed by atoms with Crippen molar-refractivity contribution in [2.75, 3.05) is 7.11 Å². The first kappa shape index (κ1) is 13.9. The van der Waals surface area contributed by atoms with Crippen molar-refractivity contribution in [3.63, 3.8) is 0 Å². The van der Waals surface area contributed by atoms with Gasteiger partial charge in [-0.25, -0.2) is 4.79 Å². The SMILES string of the molecule is C=CC(=O)OC.C=Cc1ccccc1C=C. The number of esters is 1. The number of ether oxygens (including phenoxy) is 1. The number of methoxy groups -OCH3 is 1. The highest BCUT2D eigenvalue weighted by molar-refractivity contribution is 5.80. The van der Waals surface area contributed by atoms with Crippen LogP contribution in [-0.2, 0) is 9.53 Å². The van der Waals surface area contributed by atoms with E-state index < -0.39 is 5.97 Å². The van der Waals surface area contributed by atoms with Crippen LogP contribution in [0, 0.1) is 0 Å². The molecular formula is C14H16O2. The summed E-state index contributed by atoms with van der Waals surface area (Å²) in [5.74, 6) is -0.394. The van der Waals surface area contributed by atoms with E-state index in [0.29, 0.717) is 0 Å². The van der Waals surface area contributed by atoms with Crippen molar-refractivity contribution in [2.45, 2.75) is 0 Å². The van der Waals surface area contributed by atoms with Gasteiger partial charge in [0, 0.05) is 6.08 Å². The van der Waals surface area contributed by atoms with Crippen LogP contribution >= 0.6 is 0 Å². The van der Waals surface area contributed by atoms with E-state index >= 15 is 0 Å². The highest BCUT2D eigenvalue weighted by Gasteiger charge is 1.89. The third-order valence-corrected chi connectivity index (χ3v) is 1.80. The maximum Gasteiger partial charge on any atom is 0.329 e. The summed E-state index contributed by atoms with van der Waals surface area (Å²) in [5.41, 5.74) is 2.27. The Morgan fingerprint density at radius 1 is 1.12 bits per heavy atom. The zero-order valence-electron chi connectivity index (χ0n) is 9.48. The number of carbonyl (C=O) groups is 1. The third kappa shape index (κ3) is 4.96. The average Bonchev–Trinajstić information content (AvgIpc) is 2.38. The van der Waals surface area contributed by atoms with Gasteiger partial charge < -0.3 is 4.74 Å². The molecule has 0 spiro atoms. The van der Waals surface area contributed by atoms with Gasteiger partial charge in [0.15, 0.2) is 0 Å². The molecule has 16 heavy (non-hydrogen) atoms. The molecule has 0 saturated heterocycles. The van der Waals surface area contributed by atoms with E-state index in [0.717, 1.165) is 17.2 Å². The molecule has 2 nitrogen and oxygen atoms in total. The van der Waals surface area contributed by atoms with Crippen LogP contribution in [0.15, 0.2) is 50.1 Å². The zero-order valence-corrected chi connectivity index (χ0v) is 9.48. The normalized spacial score (nSPS) is 8.06. The number of carbonyl (C=O) groups excluding carboxylic acids is 1. The van der Waals surface area contributed by atoms with Crippen molar-refractivity contribution in [3.05, 3.63) is 61.2 Å². The molecule has 0 aromatic heterocycles. The van der Waals surface area contributed by atoms with Gasteiger partial charge in [-0.05, 0) is 11.1 Å². The summed E-state index contributed by atoms with van der Waals surface area (Å²) in [7, 11) is 1.31. The summed E-state index contributed by atoms with van der Waals surface area (Å²) < 4.78 is 4.14. The smallest absolute Gasteiger partial charge is 0.329 e. The van der Waals surface area contributed by atoms with E-state index in [1.54, 1.807) is 0 Å². The summed E-state index contributed by atoms with van der Waals surface area (Å²) in [6.07, 6.45) is 4.77. The first-order valence-corrected chi connectivity index (χ1v) is 4.73. The topological polar surface area (TPSA) is 26.3 Å². The molecule has 1 rings (SSSR count). The molecule has 0 amide bonds. The van der Waals surface area contributed by atoms with Crippen molar-refractivity contribution < 1.29 is 9.53 Å². The molecule has 0 aliphatic rings. The predicted octanol–water partition coefficient (Wildman–Crippen LogP) is 3.32. The lowest BCUT2D eigenvalue weighted by Crippen LogP contribution is -1.91. The fourth-order valence-electron chi connectivity index (χ4n) is 0.966. The minimum Gasteiger partial charge on any atom is -0.466 e. The molecule has 0 N–H and O–H groups in total. The van der Waals surface area contributed by atoms with Crippen LogP contribution in [0.25, 0.3) is 12.2 Å². The van der Waals surface area contributed by atoms with Crippen molar-refractivity contribution in [1.82, 2.24) is 0 Å².